The number of hydrogen-bond acceptors (Lipinski definition) is 5. The Bertz CT molecular complexity index is 1010. The van der Waals surface area contributed by atoms with E-state index in [0.717, 1.165) is 45.8 Å². The molecule has 0 aliphatic rings. The Morgan fingerprint density at radius 1 is 1.11 bits per heavy atom. The summed E-state index contributed by atoms with van der Waals surface area (Å²) in [6.45, 7) is 6.75. The largest absolute Gasteiger partial charge is 0.392 e. The van der Waals surface area contributed by atoms with E-state index in [1.807, 2.05) is 75.4 Å². The zero-order valence-corrected chi connectivity index (χ0v) is 15.9. The standard InChI is InChI=1S/C22H24N4O/c1-4-23-15(2)12-16(3)24-22-19-10-5-6-11-20(19)25-21(26-22)18-9-7-8-17(13-18)14-27/h5-13,27H,4,14H2,1-3H3,(H,24,25,26)/b16-12+,23-15?. The number of rotatable bonds is 6. The number of fused-ring (bicyclic) bond motifs is 1. The van der Waals surface area contributed by atoms with Gasteiger partial charge in [0.15, 0.2) is 5.82 Å². The van der Waals surface area contributed by atoms with Crippen LogP contribution in [0.5, 0.6) is 0 Å². The Morgan fingerprint density at radius 2 is 1.93 bits per heavy atom. The van der Waals surface area contributed by atoms with Gasteiger partial charge in [0.05, 0.1) is 12.1 Å². The van der Waals surface area contributed by atoms with Crippen molar-refractivity contribution in [1.29, 1.82) is 0 Å². The average Bonchev–Trinajstić information content (AvgIpc) is 2.68. The van der Waals surface area contributed by atoms with E-state index >= 15 is 0 Å². The van der Waals surface area contributed by atoms with E-state index in [2.05, 4.69) is 10.3 Å². The summed E-state index contributed by atoms with van der Waals surface area (Å²) < 4.78 is 0. The van der Waals surface area contributed by atoms with Crippen molar-refractivity contribution in [3.8, 4) is 11.4 Å². The molecular formula is C22H24N4O. The molecule has 2 aromatic carbocycles. The van der Waals surface area contributed by atoms with Gasteiger partial charge in [0, 0.05) is 28.9 Å². The van der Waals surface area contributed by atoms with Gasteiger partial charge in [0.25, 0.3) is 0 Å². The van der Waals surface area contributed by atoms with Crippen LogP contribution in [0, 0.1) is 0 Å². The molecule has 27 heavy (non-hydrogen) atoms. The minimum Gasteiger partial charge on any atom is -0.392 e. The van der Waals surface area contributed by atoms with Crippen LogP contribution >= 0.6 is 0 Å². The maximum atomic E-state index is 9.41. The van der Waals surface area contributed by atoms with E-state index in [9.17, 15) is 5.11 Å². The van der Waals surface area contributed by atoms with Crippen LogP contribution in [0.15, 0.2) is 65.3 Å². The summed E-state index contributed by atoms with van der Waals surface area (Å²) in [6.07, 6.45) is 2.01. The second-order valence-corrected chi connectivity index (χ2v) is 6.34. The summed E-state index contributed by atoms with van der Waals surface area (Å²) in [7, 11) is 0. The maximum Gasteiger partial charge on any atom is 0.162 e. The Kier molecular flexibility index (Phi) is 5.94. The lowest BCUT2D eigenvalue weighted by atomic mass is 10.1. The van der Waals surface area contributed by atoms with Gasteiger partial charge in [-0.25, -0.2) is 9.97 Å². The maximum absolute atomic E-state index is 9.41. The van der Waals surface area contributed by atoms with E-state index in [4.69, 9.17) is 9.97 Å². The van der Waals surface area contributed by atoms with E-state index in [1.165, 1.54) is 0 Å². The molecule has 3 rings (SSSR count). The smallest absolute Gasteiger partial charge is 0.162 e. The molecule has 0 unspecified atom stereocenters. The number of hydrogen-bond donors (Lipinski definition) is 2. The van der Waals surface area contributed by atoms with Gasteiger partial charge in [-0.15, -0.1) is 0 Å². The predicted octanol–water partition coefficient (Wildman–Crippen LogP) is 4.59. The van der Waals surface area contributed by atoms with Crippen molar-refractivity contribution in [3.05, 3.63) is 65.9 Å². The summed E-state index contributed by atoms with van der Waals surface area (Å²) in [4.78, 5) is 13.9. The fourth-order valence-corrected chi connectivity index (χ4v) is 2.94. The van der Waals surface area contributed by atoms with Crippen LogP contribution in [0.4, 0.5) is 5.82 Å². The first-order chi connectivity index (χ1) is 13.1. The molecule has 0 aliphatic heterocycles. The highest BCUT2D eigenvalue weighted by Crippen LogP contribution is 2.26. The molecule has 2 N–H and O–H groups in total. The third-order valence-corrected chi connectivity index (χ3v) is 4.12. The van der Waals surface area contributed by atoms with Crippen LogP contribution in [-0.2, 0) is 6.61 Å². The number of aliphatic imine (C=N–C) groups is 1. The molecule has 1 heterocycles. The second kappa shape index (κ2) is 8.56. The molecule has 0 saturated carbocycles. The minimum absolute atomic E-state index is 0.00951. The van der Waals surface area contributed by atoms with Crippen molar-refractivity contribution in [2.24, 2.45) is 4.99 Å². The third kappa shape index (κ3) is 4.57. The summed E-state index contributed by atoms with van der Waals surface area (Å²) >= 11 is 0. The number of para-hydroxylation sites is 1. The van der Waals surface area contributed by atoms with E-state index in [1.54, 1.807) is 0 Å². The zero-order valence-electron chi connectivity index (χ0n) is 15.9. The normalized spacial score (nSPS) is 12.4. The number of nitrogens with one attached hydrogen (secondary N) is 1. The predicted molar refractivity (Wildman–Crippen MR) is 112 cm³/mol. The number of aliphatic hydroxyl groups excluding tert-OH is 1. The Labute approximate surface area is 159 Å². The molecule has 5 heteroatoms. The van der Waals surface area contributed by atoms with Gasteiger partial charge in [-0.2, -0.15) is 0 Å². The molecule has 0 bridgehead atoms. The molecule has 3 aromatic rings. The molecule has 138 valence electrons. The third-order valence-electron chi connectivity index (χ3n) is 4.12. The molecule has 0 saturated heterocycles. The summed E-state index contributed by atoms with van der Waals surface area (Å²) in [5, 5.41) is 13.8. The number of allylic oxidation sites excluding steroid dienone is 2. The van der Waals surface area contributed by atoms with Gasteiger partial charge >= 0.3 is 0 Å². The van der Waals surface area contributed by atoms with Crippen molar-refractivity contribution in [2.75, 3.05) is 11.9 Å². The van der Waals surface area contributed by atoms with Crippen LogP contribution in [0.3, 0.4) is 0 Å². The quantitative estimate of drug-likeness (QED) is 0.631. The Balaban J connectivity index is 2.07. The van der Waals surface area contributed by atoms with E-state index in [-0.39, 0.29) is 6.61 Å². The highest BCUT2D eigenvalue weighted by Gasteiger charge is 2.10. The van der Waals surface area contributed by atoms with Gasteiger partial charge in [-0.05, 0) is 50.6 Å². The minimum atomic E-state index is -0.00951. The molecule has 0 amide bonds. The lowest BCUT2D eigenvalue weighted by Crippen LogP contribution is -2.04. The Hall–Kier alpha value is -3.05. The lowest BCUT2D eigenvalue weighted by molar-refractivity contribution is 0.282. The molecule has 0 radical (unpaired) electrons. The summed E-state index contributed by atoms with van der Waals surface area (Å²) in [5.74, 6) is 1.38. The summed E-state index contributed by atoms with van der Waals surface area (Å²) in [6, 6.07) is 15.6. The first kappa shape index (κ1) is 18.7. The van der Waals surface area contributed by atoms with Crippen molar-refractivity contribution >= 4 is 22.4 Å². The first-order valence-corrected chi connectivity index (χ1v) is 9.04. The first-order valence-electron chi connectivity index (χ1n) is 9.04. The molecule has 1 aromatic heterocycles. The summed E-state index contributed by atoms with van der Waals surface area (Å²) in [5.41, 5.74) is 4.51. The number of anilines is 1. The van der Waals surface area contributed by atoms with E-state index in [0.29, 0.717) is 5.82 Å². The zero-order chi connectivity index (χ0) is 19.2. The van der Waals surface area contributed by atoms with Gasteiger partial charge in [0.2, 0.25) is 0 Å². The van der Waals surface area contributed by atoms with Gasteiger partial charge in [0.1, 0.15) is 5.82 Å². The highest BCUT2D eigenvalue weighted by atomic mass is 16.3. The fraction of sp³-hybridized carbons (Fsp3) is 0.227. The van der Waals surface area contributed by atoms with Crippen LogP contribution in [0.1, 0.15) is 26.3 Å². The highest BCUT2D eigenvalue weighted by molar-refractivity contribution is 5.95. The molecular weight excluding hydrogens is 336 g/mol. The monoisotopic (exact) mass is 360 g/mol. The van der Waals surface area contributed by atoms with Gasteiger partial charge < -0.3 is 10.4 Å². The topological polar surface area (TPSA) is 70.4 Å². The van der Waals surface area contributed by atoms with Crippen LogP contribution in [0.2, 0.25) is 0 Å². The lowest BCUT2D eigenvalue weighted by Gasteiger charge is -2.12. The van der Waals surface area contributed by atoms with Crippen LogP contribution in [0.25, 0.3) is 22.3 Å². The van der Waals surface area contributed by atoms with Crippen molar-refractivity contribution in [2.45, 2.75) is 27.4 Å². The molecule has 0 atom stereocenters. The Morgan fingerprint density at radius 3 is 2.70 bits per heavy atom. The second-order valence-electron chi connectivity index (χ2n) is 6.34. The molecule has 0 fully saturated rings. The van der Waals surface area contributed by atoms with Crippen molar-refractivity contribution < 1.29 is 5.11 Å². The number of benzene rings is 2. The number of aliphatic hydroxyl groups is 1. The van der Waals surface area contributed by atoms with Gasteiger partial charge in [-0.1, -0.05) is 30.3 Å². The molecule has 5 nitrogen and oxygen atoms in total. The fourth-order valence-electron chi connectivity index (χ4n) is 2.94. The van der Waals surface area contributed by atoms with Gasteiger partial charge in [-0.3, -0.25) is 4.99 Å². The SMILES string of the molecule is CCN=C(C)/C=C(\C)Nc1nc(-c2cccc(CO)c2)nc2ccccc12. The van der Waals surface area contributed by atoms with Crippen molar-refractivity contribution in [1.82, 2.24) is 9.97 Å². The number of aromatic nitrogens is 2. The van der Waals surface area contributed by atoms with Crippen LogP contribution in [-0.4, -0.2) is 27.3 Å². The molecule has 0 spiro atoms. The van der Waals surface area contributed by atoms with Crippen molar-refractivity contribution in [3.63, 3.8) is 0 Å². The van der Waals surface area contributed by atoms with E-state index < -0.39 is 0 Å². The average molecular weight is 360 g/mol. The van der Waals surface area contributed by atoms with Crippen LogP contribution < -0.4 is 5.32 Å². The number of nitrogens with zero attached hydrogens (tertiary/aromatic N) is 3. The molecule has 0 aliphatic carbocycles.